The van der Waals surface area contributed by atoms with Crippen molar-refractivity contribution in [3.05, 3.63) is 188 Å². The smallest absolute Gasteiger partial charge is 0.252 e. The second-order valence-corrected chi connectivity index (χ2v) is 12.5. The Hall–Kier alpha value is -6.58. The van der Waals surface area contributed by atoms with Gasteiger partial charge in [0.25, 0.3) is 5.91 Å². The van der Waals surface area contributed by atoms with Crippen molar-refractivity contribution in [1.82, 2.24) is 5.32 Å². The van der Waals surface area contributed by atoms with Gasteiger partial charge in [-0.1, -0.05) is 119 Å². The standard InChI is InChI=1S/C41H38N8O4/c42-48-45-27-33-17-7-9-18-35(33)38-41(26-32-16-8-10-19-37(32)47-49-43,46-39(53-38)31-20-22-34(23-21-31)52-25-11-24-50)40(51)44-28-36(29-12-3-1-4-13-29)30-14-5-2-6-15-30/h1-10,12-23,36,38,50H,11,24-28H2,(H,44,51)/t38-,41-/m1/s1. The highest BCUT2D eigenvalue weighted by molar-refractivity contribution is 6.01. The van der Waals surface area contributed by atoms with Crippen molar-refractivity contribution in [2.24, 2.45) is 15.2 Å². The second-order valence-electron chi connectivity index (χ2n) is 12.5. The maximum absolute atomic E-state index is 15.2. The third-order valence-electron chi connectivity index (χ3n) is 9.15. The molecule has 0 radical (unpaired) electrons. The van der Waals surface area contributed by atoms with E-state index in [0.717, 1.165) is 11.1 Å². The SMILES string of the molecule is [N-]=[N+]=NCc1ccccc1[C@H]1OC(c2ccc(OCCCO)cc2)=N[C@@]1(Cc1ccccc1N=[N+]=[N-])C(=O)NCC(c1ccccc1)c1ccccc1. The topological polar surface area (TPSA) is 178 Å². The molecule has 12 nitrogen and oxygen atoms in total. The number of carbonyl (C=O) groups is 1. The van der Waals surface area contributed by atoms with Crippen LogP contribution < -0.4 is 10.1 Å². The number of amides is 1. The van der Waals surface area contributed by atoms with Crippen LogP contribution in [0.3, 0.4) is 0 Å². The first-order chi connectivity index (χ1) is 26.1. The van der Waals surface area contributed by atoms with Crippen molar-refractivity contribution in [2.75, 3.05) is 19.8 Å². The first kappa shape index (κ1) is 36.2. The molecular formula is C41H38N8O4. The van der Waals surface area contributed by atoms with Gasteiger partial charge < -0.3 is 19.9 Å². The monoisotopic (exact) mass is 706 g/mol. The summed E-state index contributed by atoms with van der Waals surface area (Å²) in [7, 11) is 0. The largest absolute Gasteiger partial charge is 0.494 e. The lowest BCUT2D eigenvalue weighted by Crippen LogP contribution is -2.51. The number of ether oxygens (including phenoxy) is 2. The first-order valence-electron chi connectivity index (χ1n) is 17.3. The number of nitrogens with one attached hydrogen (secondary N) is 1. The lowest BCUT2D eigenvalue weighted by molar-refractivity contribution is -0.129. The molecule has 0 saturated carbocycles. The highest BCUT2D eigenvalue weighted by atomic mass is 16.5. The summed E-state index contributed by atoms with van der Waals surface area (Å²) in [6.07, 6.45) is -0.463. The summed E-state index contributed by atoms with van der Waals surface area (Å²) in [5.41, 5.74) is 22.0. The van der Waals surface area contributed by atoms with E-state index in [4.69, 9.17) is 19.6 Å². The average Bonchev–Trinajstić information content (AvgIpc) is 3.59. The third-order valence-corrected chi connectivity index (χ3v) is 9.15. The summed E-state index contributed by atoms with van der Waals surface area (Å²) in [6.45, 7) is 0.664. The van der Waals surface area contributed by atoms with Crippen molar-refractivity contribution < 1.29 is 19.4 Å². The van der Waals surface area contributed by atoms with E-state index in [0.29, 0.717) is 46.7 Å². The van der Waals surface area contributed by atoms with Gasteiger partial charge in [0, 0.05) is 53.0 Å². The summed E-state index contributed by atoms with van der Waals surface area (Å²) in [5.74, 6) is 0.271. The van der Waals surface area contributed by atoms with Crippen LogP contribution in [0.4, 0.5) is 5.69 Å². The Balaban J connectivity index is 1.48. The summed E-state index contributed by atoms with van der Waals surface area (Å²) in [4.78, 5) is 26.4. The first-order valence-corrected chi connectivity index (χ1v) is 17.3. The zero-order valence-corrected chi connectivity index (χ0v) is 28.9. The molecule has 1 amide bonds. The minimum absolute atomic E-state index is 0.0156. The fourth-order valence-corrected chi connectivity index (χ4v) is 6.54. The number of benzene rings is 5. The Labute approximate surface area is 307 Å². The van der Waals surface area contributed by atoms with Gasteiger partial charge >= 0.3 is 0 Å². The molecule has 1 aliphatic rings. The molecule has 6 rings (SSSR count). The number of carbonyl (C=O) groups excluding carboxylic acids is 1. The summed E-state index contributed by atoms with van der Waals surface area (Å²) in [5, 5.41) is 20.2. The Morgan fingerprint density at radius 2 is 1.49 bits per heavy atom. The van der Waals surface area contributed by atoms with Gasteiger partial charge in [0.2, 0.25) is 5.90 Å². The molecule has 53 heavy (non-hydrogen) atoms. The average molecular weight is 707 g/mol. The molecule has 0 bridgehead atoms. The van der Waals surface area contributed by atoms with E-state index in [9.17, 15) is 11.1 Å². The number of hydrogen-bond donors (Lipinski definition) is 2. The van der Waals surface area contributed by atoms with E-state index in [-0.39, 0.29) is 37.9 Å². The van der Waals surface area contributed by atoms with Crippen molar-refractivity contribution in [3.8, 4) is 5.75 Å². The van der Waals surface area contributed by atoms with Gasteiger partial charge in [0.05, 0.1) is 13.2 Å². The van der Waals surface area contributed by atoms with Gasteiger partial charge in [0.15, 0.2) is 11.6 Å². The molecular weight excluding hydrogens is 669 g/mol. The summed E-state index contributed by atoms with van der Waals surface area (Å²) < 4.78 is 12.5. The molecule has 0 unspecified atom stereocenters. The maximum atomic E-state index is 15.2. The zero-order chi connectivity index (χ0) is 36.9. The van der Waals surface area contributed by atoms with Crippen LogP contribution in [0.2, 0.25) is 0 Å². The molecule has 2 N–H and O–H groups in total. The minimum Gasteiger partial charge on any atom is -0.494 e. The van der Waals surface area contributed by atoms with Crippen molar-refractivity contribution in [2.45, 2.75) is 36.9 Å². The fourth-order valence-electron chi connectivity index (χ4n) is 6.54. The van der Waals surface area contributed by atoms with Crippen LogP contribution in [-0.4, -0.2) is 42.2 Å². The van der Waals surface area contributed by atoms with Crippen LogP contribution in [0.25, 0.3) is 20.9 Å². The van der Waals surface area contributed by atoms with Crippen LogP contribution in [0, 0.1) is 0 Å². The second kappa shape index (κ2) is 17.6. The molecule has 0 aliphatic carbocycles. The Morgan fingerprint density at radius 3 is 2.15 bits per heavy atom. The third kappa shape index (κ3) is 8.49. The lowest BCUT2D eigenvalue weighted by Gasteiger charge is -2.33. The molecule has 0 spiro atoms. The van der Waals surface area contributed by atoms with E-state index in [1.807, 2.05) is 97.1 Å². The van der Waals surface area contributed by atoms with Gasteiger partial charge in [-0.2, -0.15) is 0 Å². The Bertz CT molecular complexity index is 2090. The highest BCUT2D eigenvalue weighted by Gasteiger charge is 2.54. The van der Waals surface area contributed by atoms with Crippen molar-refractivity contribution >= 4 is 17.5 Å². The molecule has 0 aromatic heterocycles. The molecule has 5 aromatic carbocycles. The van der Waals surface area contributed by atoms with Crippen LogP contribution in [-0.2, 0) is 22.5 Å². The number of azide groups is 2. The van der Waals surface area contributed by atoms with E-state index >= 15 is 4.79 Å². The van der Waals surface area contributed by atoms with Crippen molar-refractivity contribution in [1.29, 1.82) is 0 Å². The van der Waals surface area contributed by atoms with E-state index in [1.165, 1.54) is 0 Å². The quantitative estimate of drug-likeness (QED) is 0.0452. The molecule has 5 aromatic rings. The van der Waals surface area contributed by atoms with Gasteiger partial charge in [-0.25, -0.2) is 4.99 Å². The highest BCUT2D eigenvalue weighted by Crippen LogP contribution is 2.45. The summed E-state index contributed by atoms with van der Waals surface area (Å²) in [6, 6.07) is 41.6. The Kier molecular flexibility index (Phi) is 12.0. The van der Waals surface area contributed by atoms with E-state index < -0.39 is 17.6 Å². The molecule has 266 valence electrons. The molecule has 0 saturated heterocycles. The van der Waals surface area contributed by atoms with Crippen LogP contribution in [0.1, 0.15) is 51.8 Å². The van der Waals surface area contributed by atoms with Gasteiger partial charge in [-0.15, -0.1) is 0 Å². The normalized spacial score (nSPS) is 16.1. The number of aliphatic hydroxyl groups is 1. The number of aliphatic hydroxyl groups excluding tert-OH is 1. The maximum Gasteiger partial charge on any atom is 0.252 e. The molecule has 1 aliphatic heterocycles. The Morgan fingerprint density at radius 1 is 0.849 bits per heavy atom. The van der Waals surface area contributed by atoms with Gasteiger partial charge in [-0.3, -0.25) is 4.79 Å². The number of nitrogens with zero attached hydrogens (tertiary/aromatic N) is 7. The predicted molar refractivity (Wildman–Crippen MR) is 203 cm³/mol. The molecule has 2 atom stereocenters. The lowest BCUT2D eigenvalue weighted by atomic mass is 9.80. The van der Waals surface area contributed by atoms with Crippen molar-refractivity contribution in [3.63, 3.8) is 0 Å². The minimum atomic E-state index is -1.61. The fraction of sp³-hybridized carbons (Fsp3) is 0.220. The number of rotatable bonds is 16. The zero-order valence-electron chi connectivity index (χ0n) is 28.9. The number of aliphatic imine (C=N–C) groups is 1. The predicted octanol–water partition coefficient (Wildman–Crippen LogP) is 8.65. The van der Waals surface area contributed by atoms with Crippen LogP contribution in [0.5, 0.6) is 5.75 Å². The van der Waals surface area contributed by atoms with Gasteiger partial charge in [0.1, 0.15) is 5.75 Å². The molecule has 12 heteroatoms. The van der Waals surface area contributed by atoms with E-state index in [1.54, 1.807) is 36.4 Å². The summed E-state index contributed by atoms with van der Waals surface area (Å²) >= 11 is 0. The van der Waals surface area contributed by atoms with Crippen LogP contribution in [0.15, 0.2) is 149 Å². The van der Waals surface area contributed by atoms with Crippen LogP contribution >= 0.6 is 0 Å². The van der Waals surface area contributed by atoms with E-state index in [2.05, 4.69) is 25.4 Å². The van der Waals surface area contributed by atoms with Gasteiger partial charge in [-0.05, 0) is 63.1 Å². The number of hydrogen-bond acceptors (Lipinski definition) is 7. The molecule has 0 fully saturated rings. The molecule has 1 heterocycles.